The average Bonchev–Trinajstić information content (AvgIpc) is 2.78. The van der Waals surface area contributed by atoms with Crippen LogP contribution in [0.2, 0.25) is 0 Å². The minimum atomic E-state index is -4.41. The SMILES string of the molecule is C=CCN(C)CCCCCCOC1CCC(N(C)C(=O)Oc2ccc(C(F)(F)F)cc2)CC1. The van der Waals surface area contributed by atoms with Gasteiger partial charge in [0.05, 0.1) is 11.7 Å². The van der Waals surface area contributed by atoms with E-state index in [1.54, 1.807) is 7.05 Å². The third kappa shape index (κ3) is 9.76. The Hall–Kier alpha value is -2.06. The molecule has 1 aromatic carbocycles. The Morgan fingerprint density at radius 3 is 2.30 bits per heavy atom. The van der Waals surface area contributed by atoms with Crippen LogP contribution < -0.4 is 4.74 Å². The van der Waals surface area contributed by atoms with Crippen molar-refractivity contribution >= 4 is 6.09 Å². The fraction of sp³-hybridized carbons (Fsp3) is 0.640. The van der Waals surface area contributed by atoms with Gasteiger partial charge < -0.3 is 19.3 Å². The maximum absolute atomic E-state index is 12.7. The molecule has 0 saturated heterocycles. The second-order valence-corrected chi connectivity index (χ2v) is 8.77. The molecule has 5 nitrogen and oxygen atoms in total. The van der Waals surface area contributed by atoms with Gasteiger partial charge in [-0.2, -0.15) is 13.2 Å². The van der Waals surface area contributed by atoms with Crippen molar-refractivity contribution in [1.82, 2.24) is 9.80 Å². The molecule has 33 heavy (non-hydrogen) atoms. The summed E-state index contributed by atoms with van der Waals surface area (Å²) in [7, 11) is 3.78. The number of rotatable bonds is 12. The zero-order valence-electron chi connectivity index (χ0n) is 19.8. The quantitative estimate of drug-likeness (QED) is 0.272. The van der Waals surface area contributed by atoms with Crippen LogP contribution in [0.3, 0.4) is 0 Å². The lowest BCUT2D eigenvalue weighted by Gasteiger charge is -2.34. The minimum absolute atomic E-state index is 0.0411. The second kappa shape index (κ2) is 13.6. The lowest BCUT2D eigenvalue weighted by atomic mass is 9.92. The topological polar surface area (TPSA) is 42.0 Å². The molecule has 0 aromatic heterocycles. The van der Waals surface area contributed by atoms with Crippen LogP contribution in [0.4, 0.5) is 18.0 Å². The van der Waals surface area contributed by atoms with Crippen molar-refractivity contribution in [3.63, 3.8) is 0 Å². The Kier molecular flexibility index (Phi) is 11.2. The number of amides is 1. The Bertz CT molecular complexity index is 717. The second-order valence-electron chi connectivity index (χ2n) is 8.77. The number of hydrogen-bond acceptors (Lipinski definition) is 4. The van der Waals surface area contributed by atoms with Crippen LogP contribution in [0.25, 0.3) is 0 Å². The van der Waals surface area contributed by atoms with Gasteiger partial charge in [-0.3, -0.25) is 0 Å². The Balaban J connectivity index is 1.60. The molecule has 0 aliphatic heterocycles. The molecule has 0 spiro atoms. The molecule has 2 rings (SSSR count). The van der Waals surface area contributed by atoms with E-state index in [0.29, 0.717) is 0 Å². The molecular formula is C25H37F3N2O3. The third-order valence-electron chi connectivity index (χ3n) is 6.09. The largest absolute Gasteiger partial charge is 0.416 e. The van der Waals surface area contributed by atoms with Gasteiger partial charge in [0.1, 0.15) is 5.75 Å². The molecular weight excluding hydrogens is 433 g/mol. The summed E-state index contributed by atoms with van der Waals surface area (Å²) in [5, 5.41) is 0. The van der Waals surface area contributed by atoms with Crippen LogP contribution in [0, 0.1) is 0 Å². The van der Waals surface area contributed by atoms with Gasteiger partial charge in [-0.05, 0) is 76.4 Å². The molecule has 1 fully saturated rings. The zero-order chi connectivity index (χ0) is 24.3. The van der Waals surface area contributed by atoms with E-state index < -0.39 is 17.8 Å². The number of ether oxygens (including phenoxy) is 2. The van der Waals surface area contributed by atoms with Crippen LogP contribution >= 0.6 is 0 Å². The average molecular weight is 471 g/mol. The predicted molar refractivity (Wildman–Crippen MR) is 123 cm³/mol. The van der Waals surface area contributed by atoms with Crippen molar-refractivity contribution in [1.29, 1.82) is 0 Å². The van der Waals surface area contributed by atoms with Gasteiger partial charge in [-0.1, -0.05) is 18.9 Å². The van der Waals surface area contributed by atoms with Crippen LogP contribution in [0.1, 0.15) is 56.9 Å². The molecule has 186 valence electrons. The van der Waals surface area contributed by atoms with Crippen molar-refractivity contribution in [2.75, 3.05) is 33.8 Å². The van der Waals surface area contributed by atoms with Crippen LogP contribution in [-0.2, 0) is 10.9 Å². The molecule has 0 unspecified atom stereocenters. The maximum Gasteiger partial charge on any atom is 0.416 e. The molecule has 1 aliphatic carbocycles. The van der Waals surface area contributed by atoms with Gasteiger partial charge in [-0.25, -0.2) is 4.79 Å². The molecule has 1 amide bonds. The highest BCUT2D eigenvalue weighted by Gasteiger charge is 2.31. The van der Waals surface area contributed by atoms with Crippen LogP contribution in [0.15, 0.2) is 36.9 Å². The molecule has 1 aliphatic rings. The van der Waals surface area contributed by atoms with Gasteiger partial charge in [-0.15, -0.1) is 6.58 Å². The Morgan fingerprint density at radius 2 is 1.70 bits per heavy atom. The lowest BCUT2D eigenvalue weighted by Crippen LogP contribution is -2.42. The summed E-state index contributed by atoms with van der Waals surface area (Å²) in [6.07, 6.45) is 5.18. The highest BCUT2D eigenvalue weighted by Crippen LogP contribution is 2.30. The summed E-state index contributed by atoms with van der Waals surface area (Å²) in [5.41, 5.74) is -0.773. The van der Waals surface area contributed by atoms with Crippen molar-refractivity contribution in [2.45, 2.75) is 69.7 Å². The van der Waals surface area contributed by atoms with Gasteiger partial charge in [0, 0.05) is 26.2 Å². The van der Waals surface area contributed by atoms with Crippen molar-refractivity contribution in [3.05, 3.63) is 42.5 Å². The number of halogens is 3. The number of benzene rings is 1. The Labute approximate surface area is 195 Å². The summed E-state index contributed by atoms with van der Waals surface area (Å²) in [4.78, 5) is 16.2. The molecule has 0 radical (unpaired) electrons. The van der Waals surface area contributed by atoms with Gasteiger partial charge in [0.25, 0.3) is 0 Å². The third-order valence-corrected chi connectivity index (χ3v) is 6.09. The van der Waals surface area contributed by atoms with Crippen LogP contribution in [0.5, 0.6) is 5.75 Å². The van der Waals surface area contributed by atoms with E-state index in [2.05, 4.69) is 18.5 Å². The monoisotopic (exact) mass is 470 g/mol. The van der Waals surface area contributed by atoms with E-state index in [1.807, 2.05) is 6.08 Å². The molecule has 0 atom stereocenters. The first-order valence-electron chi connectivity index (χ1n) is 11.7. The predicted octanol–water partition coefficient (Wildman–Crippen LogP) is 6.14. The van der Waals surface area contributed by atoms with Crippen molar-refractivity contribution in [2.24, 2.45) is 0 Å². The standard InChI is InChI=1S/C25H37F3N2O3/c1-4-17-29(2)18-7-5-6-8-19-32-22-15-11-21(12-16-22)30(3)24(31)33-23-13-9-20(10-14-23)25(26,27)28/h4,9-10,13-14,21-22H,1,5-8,11-12,15-19H2,2-3H3. The summed E-state index contributed by atoms with van der Waals surface area (Å²) in [6, 6.07) is 4.19. The zero-order valence-corrected chi connectivity index (χ0v) is 19.8. The molecule has 0 heterocycles. The fourth-order valence-electron chi connectivity index (χ4n) is 4.03. The van der Waals surface area contributed by atoms with E-state index in [4.69, 9.17) is 9.47 Å². The molecule has 0 N–H and O–H groups in total. The smallest absolute Gasteiger partial charge is 0.410 e. The van der Waals surface area contributed by atoms with Crippen molar-refractivity contribution < 1.29 is 27.4 Å². The number of nitrogens with zero attached hydrogens (tertiary/aromatic N) is 2. The summed E-state index contributed by atoms with van der Waals surface area (Å²) < 4.78 is 49.2. The first kappa shape index (κ1) is 27.2. The first-order chi connectivity index (χ1) is 15.7. The maximum atomic E-state index is 12.7. The number of carbonyl (C=O) groups is 1. The minimum Gasteiger partial charge on any atom is -0.410 e. The number of carbonyl (C=O) groups excluding carboxylic acids is 1. The van der Waals surface area contributed by atoms with E-state index in [-0.39, 0.29) is 17.9 Å². The number of alkyl halides is 3. The summed E-state index contributed by atoms with van der Waals surface area (Å²) in [6.45, 7) is 6.53. The molecule has 0 bridgehead atoms. The molecule has 1 aromatic rings. The van der Waals surface area contributed by atoms with Gasteiger partial charge in [0.15, 0.2) is 0 Å². The normalized spacial score (nSPS) is 18.8. The fourth-order valence-corrected chi connectivity index (χ4v) is 4.03. The van der Waals surface area contributed by atoms with E-state index in [9.17, 15) is 18.0 Å². The van der Waals surface area contributed by atoms with Crippen LogP contribution in [-0.4, -0.2) is 61.8 Å². The number of likely N-dealkylation sites (N-methyl/N-ethyl adjacent to an activating group) is 1. The summed E-state index contributed by atoms with van der Waals surface area (Å²) in [5.74, 6) is 0.101. The highest BCUT2D eigenvalue weighted by atomic mass is 19.4. The van der Waals surface area contributed by atoms with Gasteiger partial charge >= 0.3 is 12.3 Å². The van der Waals surface area contributed by atoms with E-state index in [0.717, 1.165) is 70.4 Å². The summed E-state index contributed by atoms with van der Waals surface area (Å²) >= 11 is 0. The number of hydrogen-bond donors (Lipinski definition) is 0. The molecule has 1 saturated carbocycles. The number of unbranched alkanes of at least 4 members (excludes halogenated alkanes) is 3. The van der Waals surface area contributed by atoms with E-state index >= 15 is 0 Å². The first-order valence-corrected chi connectivity index (χ1v) is 11.7. The van der Waals surface area contributed by atoms with E-state index in [1.165, 1.54) is 29.9 Å². The lowest BCUT2D eigenvalue weighted by molar-refractivity contribution is -0.137. The van der Waals surface area contributed by atoms with Crippen molar-refractivity contribution in [3.8, 4) is 5.75 Å². The molecule has 8 heteroatoms. The Morgan fingerprint density at radius 1 is 1.06 bits per heavy atom. The van der Waals surface area contributed by atoms with Gasteiger partial charge in [0.2, 0.25) is 0 Å². The highest BCUT2D eigenvalue weighted by molar-refractivity contribution is 5.70.